The van der Waals surface area contributed by atoms with Crippen molar-refractivity contribution < 1.29 is 14.7 Å². The normalized spacial score (nSPS) is 15.7. The molecule has 20 heavy (non-hydrogen) atoms. The van der Waals surface area contributed by atoms with Crippen molar-refractivity contribution in [1.29, 1.82) is 0 Å². The number of aryl methyl sites for hydroxylation is 1. The Morgan fingerprint density at radius 1 is 1.45 bits per heavy atom. The fraction of sp³-hybridized carbons (Fsp3) is 0.429. The number of nitrogens with one attached hydrogen (secondary N) is 1. The third-order valence-electron chi connectivity index (χ3n) is 3.32. The largest absolute Gasteiger partial charge is 0.481 e. The van der Waals surface area contributed by atoms with E-state index in [4.69, 9.17) is 16.7 Å². The predicted molar refractivity (Wildman–Crippen MR) is 77.0 cm³/mol. The molecule has 1 aromatic carbocycles. The molecule has 2 rings (SSSR count). The van der Waals surface area contributed by atoms with E-state index in [1.807, 2.05) is 24.0 Å². The van der Waals surface area contributed by atoms with Crippen molar-refractivity contribution in [1.82, 2.24) is 4.90 Å². The van der Waals surface area contributed by atoms with Crippen LogP contribution in [0.15, 0.2) is 18.2 Å². The lowest BCUT2D eigenvalue weighted by Gasteiger charge is -2.37. The molecule has 1 aliphatic heterocycles. The molecular formula is C14H17ClN2O3. The molecule has 0 bridgehead atoms. The summed E-state index contributed by atoms with van der Waals surface area (Å²) < 4.78 is 0. The lowest BCUT2D eigenvalue weighted by Crippen LogP contribution is -2.50. The molecule has 6 heteroatoms. The first-order chi connectivity index (χ1) is 9.44. The van der Waals surface area contributed by atoms with Crippen molar-refractivity contribution in [3.63, 3.8) is 0 Å². The highest BCUT2D eigenvalue weighted by molar-refractivity contribution is 6.31. The van der Waals surface area contributed by atoms with E-state index in [0.29, 0.717) is 23.8 Å². The average Bonchev–Trinajstić information content (AvgIpc) is 2.30. The molecule has 0 saturated carbocycles. The minimum absolute atomic E-state index is 0.112. The van der Waals surface area contributed by atoms with Gasteiger partial charge in [-0.1, -0.05) is 17.7 Å². The standard InChI is InChI=1S/C14H17ClN2O3/c1-9-2-3-11(5-12(9)15)16-13(18)8-17-6-10(7-17)4-14(19)20/h2-3,5,10H,4,6-8H2,1H3,(H,16,18)(H,19,20). The van der Waals surface area contributed by atoms with Gasteiger partial charge in [-0.25, -0.2) is 0 Å². The Morgan fingerprint density at radius 3 is 2.75 bits per heavy atom. The molecule has 0 aliphatic carbocycles. The first kappa shape index (κ1) is 14.8. The fourth-order valence-electron chi connectivity index (χ4n) is 2.26. The Kier molecular flexibility index (Phi) is 4.62. The summed E-state index contributed by atoms with van der Waals surface area (Å²) in [5.41, 5.74) is 1.64. The third-order valence-corrected chi connectivity index (χ3v) is 3.73. The van der Waals surface area contributed by atoms with E-state index in [2.05, 4.69) is 5.32 Å². The Balaban J connectivity index is 1.76. The quantitative estimate of drug-likeness (QED) is 0.872. The zero-order valence-electron chi connectivity index (χ0n) is 11.2. The highest BCUT2D eigenvalue weighted by Gasteiger charge is 2.29. The van der Waals surface area contributed by atoms with Gasteiger partial charge in [0.25, 0.3) is 0 Å². The summed E-state index contributed by atoms with van der Waals surface area (Å²) in [5, 5.41) is 12.1. The number of anilines is 1. The van der Waals surface area contributed by atoms with Crippen LogP contribution in [0.5, 0.6) is 0 Å². The molecule has 5 nitrogen and oxygen atoms in total. The summed E-state index contributed by atoms with van der Waals surface area (Å²) in [7, 11) is 0. The summed E-state index contributed by atoms with van der Waals surface area (Å²) in [6.07, 6.45) is 0.172. The van der Waals surface area contributed by atoms with Gasteiger partial charge in [0, 0.05) is 23.8 Å². The molecule has 0 aromatic heterocycles. The topological polar surface area (TPSA) is 69.6 Å². The molecule has 0 unspecified atom stereocenters. The van der Waals surface area contributed by atoms with E-state index in [1.54, 1.807) is 6.07 Å². The third kappa shape index (κ3) is 3.95. The molecule has 1 heterocycles. The lowest BCUT2D eigenvalue weighted by atomic mass is 9.96. The van der Waals surface area contributed by atoms with Gasteiger partial charge in [0.15, 0.2) is 0 Å². The van der Waals surface area contributed by atoms with E-state index >= 15 is 0 Å². The molecule has 1 saturated heterocycles. The molecule has 1 aromatic rings. The van der Waals surface area contributed by atoms with E-state index in [1.165, 1.54) is 0 Å². The van der Waals surface area contributed by atoms with E-state index in [-0.39, 0.29) is 24.8 Å². The molecule has 2 N–H and O–H groups in total. The van der Waals surface area contributed by atoms with Gasteiger partial charge in [-0.3, -0.25) is 14.5 Å². The lowest BCUT2D eigenvalue weighted by molar-refractivity contribution is -0.139. The molecular weight excluding hydrogens is 280 g/mol. The number of amides is 1. The van der Waals surface area contributed by atoms with Crippen molar-refractivity contribution in [2.24, 2.45) is 5.92 Å². The van der Waals surface area contributed by atoms with Crippen molar-refractivity contribution in [2.45, 2.75) is 13.3 Å². The number of carbonyl (C=O) groups excluding carboxylic acids is 1. The van der Waals surface area contributed by atoms with Crippen LogP contribution in [0.2, 0.25) is 5.02 Å². The van der Waals surface area contributed by atoms with Gasteiger partial charge >= 0.3 is 5.97 Å². The van der Waals surface area contributed by atoms with Crippen LogP contribution in [0.4, 0.5) is 5.69 Å². The first-order valence-corrected chi connectivity index (χ1v) is 6.82. The highest BCUT2D eigenvalue weighted by Crippen LogP contribution is 2.21. The summed E-state index contributed by atoms with van der Waals surface area (Å²) in [6, 6.07) is 5.38. The Labute approximate surface area is 122 Å². The second-order valence-corrected chi connectivity index (χ2v) is 5.58. The average molecular weight is 297 g/mol. The van der Waals surface area contributed by atoms with Crippen LogP contribution in [-0.4, -0.2) is 41.5 Å². The van der Waals surface area contributed by atoms with Crippen molar-refractivity contribution >= 4 is 29.2 Å². The summed E-state index contributed by atoms with van der Waals surface area (Å²) in [4.78, 5) is 24.3. The van der Waals surface area contributed by atoms with Crippen LogP contribution in [0, 0.1) is 12.8 Å². The van der Waals surface area contributed by atoms with Gasteiger partial charge in [0.05, 0.1) is 13.0 Å². The number of hydrogen-bond acceptors (Lipinski definition) is 3. The molecule has 1 amide bonds. The minimum Gasteiger partial charge on any atom is -0.481 e. The number of carboxylic acid groups (broad SMARTS) is 1. The van der Waals surface area contributed by atoms with Crippen molar-refractivity contribution in [3.8, 4) is 0 Å². The van der Waals surface area contributed by atoms with Crippen LogP contribution in [0.25, 0.3) is 0 Å². The molecule has 0 spiro atoms. The number of nitrogens with zero attached hydrogens (tertiary/aromatic N) is 1. The van der Waals surface area contributed by atoms with Gasteiger partial charge < -0.3 is 10.4 Å². The van der Waals surface area contributed by atoms with Crippen LogP contribution in [-0.2, 0) is 9.59 Å². The monoisotopic (exact) mass is 296 g/mol. The van der Waals surface area contributed by atoms with Crippen molar-refractivity contribution in [2.75, 3.05) is 25.0 Å². The fourth-order valence-corrected chi connectivity index (χ4v) is 2.44. The second-order valence-electron chi connectivity index (χ2n) is 5.17. The zero-order chi connectivity index (χ0) is 14.7. The van der Waals surface area contributed by atoms with Crippen LogP contribution in [0.1, 0.15) is 12.0 Å². The van der Waals surface area contributed by atoms with Crippen LogP contribution in [0.3, 0.4) is 0 Å². The number of rotatable bonds is 5. The number of carbonyl (C=O) groups is 2. The SMILES string of the molecule is Cc1ccc(NC(=O)CN2CC(CC(=O)O)C2)cc1Cl. The maximum absolute atomic E-state index is 11.8. The number of carboxylic acids is 1. The zero-order valence-corrected chi connectivity index (χ0v) is 12.0. The summed E-state index contributed by atoms with van der Waals surface area (Å²) in [5.74, 6) is -0.735. The Bertz CT molecular complexity index is 527. The smallest absolute Gasteiger partial charge is 0.303 e. The van der Waals surface area contributed by atoms with E-state index < -0.39 is 5.97 Å². The predicted octanol–water partition coefficient (Wildman–Crippen LogP) is 1.99. The maximum Gasteiger partial charge on any atom is 0.303 e. The molecule has 1 aliphatic rings. The second kappa shape index (κ2) is 6.24. The number of halogens is 1. The van der Waals surface area contributed by atoms with Gasteiger partial charge in [0.1, 0.15) is 0 Å². The molecule has 0 radical (unpaired) electrons. The van der Waals surface area contributed by atoms with Crippen molar-refractivity contribution in [3.05, 3.63) is 28.8 Å². The first-order valence-electron chi connectivity index (χ1n) is 6.44. The highest BCUT2D eigenvalue weighted by atomic mass is 35.5. The molecule has 0 atom stereocenters. The van der Waals surface area contributed by atoms with Crippen LogP contribution < -0.4 is 5.32 Å². The number of hydrogen-bond donors (Lipinski definition) is 2. The molecule has 1 fully saturated rings. The van der Waals surface area contributed by atoms with Gasteiger partial charge in [-0.15, -0.1) is 0 Å². The number of benzene rings is 1. The Morgan fingerprint density at radius 2 is 2.15 bits per heavy atom. The van der Waals surface area contributed by atoms with Gasteiger partial charge in [0.2, 0.25) is 5.91 Å². The van der Waals surface area contributed by atoms with Crippen LogP contribution >= 0.6 is 11.6 Å². The van der Waals surface area contributed by atoms with E-state index in [9.17, 15) is 9.59 Å². The van der Waals surface area contributed by atoms with Gasteiger partial charge in [-0.2, -0.15) is 0 Å². The summed E-state index contributed by atoms with van der Waals surface area (Å²) in [6.45, 7) is 3.50. The Hall–Kier alpha value is -1.59. The number of likely N-dealkylation sites (tertiary alicyclic amines) is 1. The summed E-state index contributed by atoms with van der Waals surface area (Å²) >= 11 is 5.99. The van der Waals surface area contributed by atoms with E-state index in [0.717, 1.165) is 5.56 Å². The maximum atomic E-state index is 11.8. The number of aliphatic carboxylic acids is 1. The molecule has 108 valence electrons. The minimum atomic E-state index is -0.784. The van der Waals surface area contributed by atoms with Gasteiger partial charge in [-0.05, 0) is 30.5 Å².